The van der Waals surface area contributed by atoms with Gasteiger partial charge >= 0.3 is 12.1 Å². The number of rotatable bonds is 6. The van der Waals surface area contributed by atoms with E-state index < -0.39 is 23.7 Å². The molecule has 190 valence electrons. The molecule has 2 atom stereocenters. The molecule has 1 aliphatic carbocycles. The molecule has 0 bridgehead atoms. The number of aromatic nitrogens is 1. The monoisotopic (exact) mass is 484 g/mol. The van der Waals surface area contributed by atoms with Crippen molar-refractivity contribution in [3.63, 3.8) is 0 Å². The number of hydrogen-bond acceptors (Lipinski definition) is 7. The maximum absolute atomic E-state index is 12.8. The molecule has 1 saturated heterocycles. The van der Waals surface area contributed by atoms with Crippen molar-refractivity contribution in [2.24, 2.45) is 5.92 Å². The van der Waals surface area contributed by atoms with Gasteiger partial charge in [-0.15, -0.1) is 0 Å². The van der Waals surface area contributed by atoms with Gasteiger partial charge in [-0.2, -0.15) is 0 Å². The molecular formula is C27H36N2O6. The molecule has 2 aliphatic rings. The fourth-order valence-electron chi connectivity index (χ4n) is 5.03. The maximum Gasteiger partial charge on any atom is 0.411 e. The van der Waals surface area contributed by atoms with Crippen molar-refractivity contribution in [2.75, 3.05) is 20.8 Å². The van der Waals surface area contributed by atoms with Gasteiger partial charge in [-0.3, -0.25) is 4.90 Å². The van der Waals surface area contributed by atoms with Crippen LogP contribution in [-0.2, 0) is 20.7 Å². The van der Waals surface area contributed by atoms with Gasteiger partial charge in [0, 0.05) is 23.4 Å². The standard InChI is InChI=1S/C27H36N2O6/c1-27(2,3)35-26(32)29-15-16(13-22(29)25(31)34-5)9-11-19-20-14-18(33-4)10-12-21(20)28-23(24(19)30)17-7-6-8-17/h10,12,14,16-17,22,30H,6-9,11,13,15H2,1-5H3/t16-,22+/m1/s1. The molecule has 0 spiro atoms. The normalized spacial score (nSPS) is 20.5. The zero-order valence-electron chi connectivity index (χ0n) is 21.3. The van der Waals surface area contributed by atoms with Gasteiger partial charge in [-0.05, 0) is 77.0 Å². The third-order valence-corrected chi connectivity index (χ3v) is 7.08. The minimum absolute atomic E-state index is 0.0620. The number of fused-ring (bicyclic) bond motifs is 1. The Labute approximate surface area is 206 Å². The van der Waals surface area contributed by atoms with Crippen molar-refractivity contribution in [1.29, 1.82) is 0 Å². The Bertz CT molecular complexity index is 1110. The van der Waals surface area contributed by atoms with E-state index in [1.807, 2.05) is 18.2 Å². The molecule has 1 amide bonds. The number of carbonyl (C=O) groups is 2. The first-order valence-corrected chi connectivity index (χ1v) is 12.4. The van der Waals surface area contributed by atoms with E-state index in [0.717, 1.165) is 41.4 Å². The predicted molar refractivity (Wildman–Crippen MR) is 132 cm³/mol. The predicted octanol–water partition coefficient (Wildman–Crippen LogP) is 4.95. The summed E-state index contributed by atoms with van der Waals surface area (Å²) < 4.78 is 15.9. The van der Waals surface area contributed by atoms with Crippen LogP contribution in [0.4, 0.5) is 4.79 Å². The maximum atomic E-state index is 12.8. The number of aryl methyl sites for hydroxylation is 1. The number of hydrogen-bond donors (Lipinski definition) is 1. The number of amides is 1. The summed E-state index contributed by atoms with van der Waals surface area (Å²) >= 11 is 0. The van der Waals surface area contributed by atoms with Crippen LogP contribution in [0.5, 0.6) is 11.5 Å². The second-order valence-corrected chi connectivity index (χ2v) is 10.6. The molecule has 4 rings (SSSR count). The van der Waals surface area contributed by atoms with Gasteiger partial charge in [-0.25, -0.2) is 14.6 Å². The summed E-state index contributed by atoms with van der Waals surface area (Å²) in [5, 5.41) is 12.1. The van der Waals surface area contributed by atoms with E-state index in [1.165, 1.54) is 12.0 Å². The van der Waals surface area contributed by atoms with Crippen LogP contribution in [0.15, 0.2) is 18.2 Å². The SMILES string of the molecule is COC(=O)[C@@H]1C[C@@H](CCc2c(O)c(C3CCC3)nc3ccc(OC)cc23)CN1C(=O)OC(C)(C)C. The Morgan fingerprint density at radius 1 is 1.20 bits per heavy atom. The van der Waals surface area contributed by atoms with Crippen molar-refractivity contribution in [1.82, 2.24) is 9.88 Å². The fourth-order valence-corrected chi connectivity index (χ4v) is 5.03. The molecule has 8 nitrogen and oxygen atoms in total. The van der Waals surface area contributed by atoms with Gasteiger partial charge in [0.15, 0.2) is 0 Å². The van der Waals surface area contributed by atoms with Gasteiger partial charge in [0.05, 0.1) is 25.4 Å². The third-order valence-electron chi connectivity index (χ3n) is 7.08. The van der Waals surface area contributed by atoms with Gasteiger partial charge in [-0.1, -0.05) is 6.42 Å². The Morgan fingerprint density at radius 3 is 2.54 bits per heavy atom. The van der Waals surface area contributed by atoms with Crippen LogP contribution < -0.4 is 4.74 Å². The highest BCUT2D eigenvalue weighted by atomic mass is 16.6. The molecule has 2 aromatic rings. The summed E-state index contributed by atoms with van der Waals surface area (Å²) in [5.74, 6) is 0.888. The molecule has 35 heavy (non-hydrogen) atoms. The first-order valence-electron chi connectivity index (χ1n) is 12.4. The number of aromatic hydroxyl groups is 1. The lowest BCUT2D eigenvalue weighted by molar-refractivity contribution is -0.145. The Balaban J connectivity index is 1.59. The van der Waals surface area contributed by atoms with Crippen LogP contribution in [0.3, 0.4) is 0 Å². The number of pyridine rings is 1. The van der Waals surface area contributed by atoms with E-state index in [0.29, 0.717) is 31.6 Å². The number of benzene rings is 1. The fraction of sp³-hybridized carbons (Fsp3) is 0.593. The number of carbonyl (C=O) groups excluding carboxylic acids is 2. The lowest BCUT2D eigenvalue weighted by Crippen LogP contribution is -2.43. The van der Waals surface area contributed by atoms with Crippen molar-refractivity contribution in [3.8, 4) is 11.5 Å². The first-order chi connectivity index (χ1) is 16.6. The highest BCUT2D eigenvalue weighted by molar-refractivity contribution is 5.86. The minimum Gasteiger partial charge on any atom is -0.506 e. The zero-order valence-corrected chi connectivity index (χ0v) is 21.3. The van der Waals surface area contributed by atoms with E-state index >= 15 is 0 Å². The van der Waals surface area contributed by atoms with Crippen LogP contribution in [-0.4, -0.2) is 59.5 Å². The quantitative estimate of drug-likeness (QED) is 0.580. The number of likely N-dealkylation sites (tertiary alicyclic amines) is 1. The smallest absolute Gasteiger partial charge is 0.411 e. The number of ether oxygens (including phenoxy) is 3. The van der Waals surface area contributed by atoms with Crippen LogP contribution in [0.2, 0.25) is 0 Å². The first kappa shape index (κ1) is 25.1. The zero-order chi connectivity index (χ0) is 25.3. The molecule has 0 unspecified atom stereocenters. The lowest BCUT2D eigenvalue weighted by Gasteiger charge is -2.27. The number of esters is 1. The summed E-state index contributed by atoms with van der Waals surface area (Å²) in [5.41, 5.74) is 1.81. The van der Waals surface area contributed by atoms with Gasteiger partial charge in [0.1, 0.15) is 23.1 Å². The molecule has 0 radical (unpaired) electrons. The molecule has 1 saturated carbocycles. The highest BCUT2D eigenvalue weighted by Gasteiger charge is 2.42. The van der Waals surface area contributed by atoms with Crippen molar-refractivity contribution in [2.45, 2.75) is 76.9 Å². The molecule has 1 N–H and O–H groups in total. The molecule has 2 heterocycles. The van der Waals surface area contributed by atoms with E-state index in [-0.39, 0.29) is 17.6 Å². The van der Waals surface area contributed by atoms with Gasteiger partial charge < -0.3 is 19.3 Å². The van der Waals surface area contributed by atoms with Crippen LogP contribution in [0, 0.1) is 5.92 Å². The lowest BCUT2D eigenvalue weighted by atomic mass is 9.81. The van der Waals surface area contributed by atoms with Crippen LogP contribution in [0.25, 0.3) is 10.9 Å². The van der Waals surface area contributed by atoms with Crippen LogP contribution in [0.1, 0.15) is 70.1 Å². The summed E-state index contributed by atoms with van der Waals surface area (Å²) in [4.78, 5) is 31.5. The number of methoxy groups -OCH3 is 2. The van der Waals surface area contributed by atoms with Crippen molar-refractivity contribution >= 4 is 23.0 Å². The van der Waals surface area contributed by atoms with E-state index in [9.17, 15) is 14.7 Å². The average molecular weight is 485 g/mol. The van der Waals surface area contributed by atoms with E-state index in [1.54, 1.807) is 27.9 Å². The van der Waals surface area contributed by atoms with Gasteiger partial charge in [0.25, 0.3) is 0 Å². The minimum atomic E-state index is -0.673. The van der Waals surface area contributed by atoms with Gasteiger partial charge in [0.2, 0.25) is 0 Å². The summed E-state index contributed by atoms with van der Waals surface area (Å²) in [6.45, 7) is 5.81. The Hall–Kier alpha value is -3.03. The third kappa shape index (κ3) is 5.31. The average Bonchev–Trinajstić information content (AvgIpc) is 3.20. The molecule has 1 aliphatic heterocycles. The summed E-state index contributed by atoms with van der Waals surface area (Å²) in [6, 6.07) is 5.07. The Morgan fingerprint density at radius 2 is 1.94 bits per heavy atom. The summed E-state index contributed by atoms with van der Waals surface area (Å²) in [7, 11) is 2.95. The van der Waals surface area contributed by atoms with Crippen molar-refractivity contribution in [3.05, 3.63) is 29.5 Å². The topological polar surface area (TPSA) is 98.2 Å². The molecular weight excluding hydrogens is 448 g/mol. The second kappa shape index (κ2) is 9.91. The van der Waals surface area contributed by atoms with E-state index in [4.69, 9.17) is 19.2 Å². The van der Waals surface area contributed by atoms with E-state index in [2.05, 4.69) is 0 Å². The molecule has 1 aromatic carbocycles. The highest BCUT2D eigenvalue weighted by Crippen LogP contribution is 2.43. The molecule has 8 heteroatoms. The molecule has 1 aromatic heterocycles. The van der Waals surface area contributed by atoms with Crippen LogP contribution >= 0.6 is 0 Å². The summed E-state index contributed by atoms with van der Waals surface area (Å²) in [6.07, 6.45) is 4.50. The number of nitrogens with zero attached hydrogens (tertiary/aromatic N) is 2. The second-order valence-electron chi connectivity index (χ2n) is 10.6. The largest absolute Gasteiger partial charge is 0.506 e. The van der Waals surface area contributed by atoms with Crippen molar-refractivity contribution < 1.29 is 28.9 Å². The molecule has 2 fully saturated rings. The Kier molecular flexibility index (Phi) is 7.10.